The molecule has 2 heteroatoms. The second-order valence-electron chi connectivity index (χ2n) is 4.72. The van der Waals surface area contributed by atoms with Crippen molar-refractivity contribution in [3.8, 4) is 0 Å². The third kappa shape index (κ3) is 4.13. The first-order chi connectivity index (χ1) is 7.49. The minimum atomic E-state index is -0.240. The number of aryl methyl sites for hydroxylation is 1. The van der Waals surface area contributed by atoms with Gasteiger partial charge in [-0.2, -0.15) is 0 Å². The predicted octanol–water partition coefficient (Wildman–Crippen LogP) is 3.68. The van der Waals surface area contributed by atoms with Crippen molar-refractivity contribution in [3.63, 3.8) is 0 Å². The maximum atomic E-state index is 12.9. The molecule has 1 rings (SSSR count). The topological polar surface area (TPSA) is 17.1 Å². The van der Waals surface area contributed by atoms with Crippen LogP contribution in [0.3, 0.4) is 0 Å². The normalized spacial score (nSPS) is 10.8. The first kappa shape index (κ1) is 12.9. The van der Waals surface area contributed by atoms with E-state index in [1.807, 2.05) is 6.92 Å². The SMILES string of the molecule is Cc1cc(F)ccc1CC(=O)CCC(C)C. The number of ketones is 1. The van der Waals surface area contributed by atoms with Gasteiger partial charge in [-0.1, -0.05) is 19.9 Å². The van der Waals surface area contributed by atoms with Gasteiger partial charge in [0.2, 0.25) is 0 Å². The van der Waals surface area contributed by atoms with E-state index in [2.05, 4.69) is 13.8 Å². The van der Waals surface area contributed by atoms with Crippen molar-refractivity contribution in [1.82, 2.24) is 0 Å². The highest BCUT2D eigenvalue weighted by atomic mass is 19.1. The Labute approximate surface area is 96.7 Å². The smallest absolute Gasteiger partial charge is 0.137 e. The zero-order chi connectivity index (χ0) is 12.1. The molecule has 0 unspecified atom stereocenters. The highest BCUT2D eigenvalue weighted by Gasteiger charge is 2.07. The van der Waals surface area contributed by atoms with Crippen LogP contribution in [-0.4, -0.2) is 5.78 Å². The molecule has 0 aromatic heterocycles. The van der Waals surface area contributed by atoms with Gasteiger partial charge in [0.05, 0.1) is 0 Å². The van der Waals surface area contributed by atoms with Gasteiger partial charge in [0.15, 0.2) is 0 Å². The van der Waals surface area contributed by atoms with Gasteiger partial charge in [-0.05, 0) is 42.5 Å². The molecule has 1 aromatic carbocycles. The van der Waals surface area contributed by atoms with E-state index in [0.29, 0.717) is 18.8 Å². The lowest BCUT2D eigenvalue weighted by molar-refractivity contribution is -0.118. The molecule has 0 aliphatic rings. The highest BCUT2D eigenvalue weighted by Crippen LogP contribution is 2.13. The Bertz CT molecular complexity index is 369. The molecule has 0 saturated carbocycles. The molecule has 0 N–H and O–H groups in total. The van der Waals surface area contributed by atoms with Crippen molar-refractivity contribution in [2.75, 3.05) is 0 Å². The van der Waals surface area contributed by atoms with Crippen LogP contribution in [0.1, 0.15) is 37.8 Å². The third-order valence-corrected chi connectivity index (χ3v) is 2.69. The average molecular weight is 222 g/mol. The van der Waals surface area contributed by atoms with E-state index < -0.39 is 0 Å². The lowest BCUT2D eigenvalue weighted by Gasteiger charge is -2.06. The molecule has 1 aromatic rings. The summed E-state index contributed by atoms with van der Waals surface area (Å²) in [7, 11) is 0. The Hall–Kier alpha value is -1.18. The van der Waals surface area contributed by atoms with E-state index in [4.69, 9.17) is 0 Å². The molecule has 0 radical (unpaired) electrons. The van der Waals surface area contributed by atoms with Crippen LogP contribution < -0.4 is 0 Å². The van der Waals surface area contributed by atoms with Crippen LogP contribution in [-0.2, 0) is 11.2 Å². The number of halogens is 1. The maximum absolute atomic E-state index is 12.9. The zero-order valence-corrected chi connectivity index (χ0v) is 10.2. The Morgan fingerprint density at radius 2 is 2.06 bits per heavy atom. The summed E-state index contributed by atoms with van der Waals surface area (Å²) in [5, 5.41) is 0. The number of carbonyl (C=O) groups is 1. The van der Waals surface area contributed by atoms with Crippen LogP contribution >= 0.6 is 0 Å². The van der Waals surface area contributed by atoms with Crippen LogP contribution in [0, 0.1) is 18.7 Å². The van der Waals surface area contributed by atoms with Gasteiger partial charge in [0, 0.05) is 12.8 Å². The second-order valence-corrected chi connectivity index (χ2v) is 4.72. The van der Waals surface area contributed by atoms with Crippen LogP contribution in [0.25, 0.3) is 0 Å². The predicted molar refractivity (Wildman–Crippen MR) is 63.9 cm³/mol. The van der Waals surface area contributed by atoms with Crippen LogP contribution in [0.5, 0.6) is 0 Å². The van der Waals surface area contributed by atoms with Crippen LogP contribution in [0.15, 0.2) is 18.2 Å². The number of benzene rings is 1. The molecule has 0 atom stereocenters. The third-order valence-electron chi connectivity index (χ3n) is 2.69. The molecular weight excluding hydrogens is 203 g/mol. The Kier molecular flexibility index (Phi) is 4.66. The number of carbonyl (C=O) groups excluding carboxylic acids is 1. The molecule has 0 aliphatic heterocycles. The van der Waals surface area contributed by atoms with Crippen molar-refractivity contribution >= 4 is 5.78 Å². The van der Waals surface area contributed by atoms with Gasteiger partial charge < -0.3 is 0 Å². The first-order valence-electron chi connectivity index (χ1n) is 5.75. The molecule has 0 amide bonds. The summed E-state index contributed by atoms with van der Waals surface area (Å²) in [5.41, 5.74) is 1.80. The molecule has 0 spiro atoms. The maximum Gasteiger partial charge on any atom is 0.137 e. The van der Waals surface area contributed by atoms with Crippen molar-refractivity contribution in [3.05, 3.63) is 35.1 Å². The van der Waals surface area contributed by atoms with Crippen molar-refractivity contribution in [1.29, 1.82) is 0 Å². The molecule has 0 aliphatic carbocycles. The van der Waals surface area contributed by atoms with Crippen LogP contribution in [0.4, 0.5) is 4.39 Å². The summed E-state index contributed by atoms with van der Waals surface area (Å²) in [5.74, 6) is 0.553. The summed E-state index contributed by atoms with van der Waals surface area (Å²) in [6.07, 6.45) is 1.98. The molecule has 0 bridgehead atoms. The lowest BCUT2D eigenvalue weighted by Crippen LogP contribution is -2.05. The van der Waals surface area contributed by atoms with E-state index >= 15 is 0 Å². The molecule has 1 nitrogen and oxygen atoms in total. The minimum Gasteiger partial charge on any atom is -0.299 e. The summed E-state index contributed by atoms with van der Waals surface area (Å²) in [4.78, 5) is 11.7. The summed E-state index contributed by atoms with van der Waals surface area (Å²) >= 11 is 0. The van der Waals surface area contributed by atoms with E-state index in [9.17, 15) is 9.18 Å². The lowest BCUT2D eigenvalue weighted by atomic mass is 9.99. The Morgan fingerprint density at radius 3 is 2.62 bits per heavy atom. The van der Waals surface area contributed by atoms with Gasteiger partial charge >= 0.3 is 0 Å². The fourth-order valence-electron chi connectivity index (χ4n) is 1.61. The van der Waals surface area contributed by atoms with E-state index in [0.717, 1.165) is 17.5 Å². The zero-order valence-electron chi connectivity index (χ0n) is 10.2. The quantitative estimate of drug-likeness (QED) is 0.742. The van der Waals surface area contributed by atoms with Crippen LogP contribution in [0.2, 0.25) is 0 Å². The molecule has 88 valence electrons. The number of Topliss-reactive ketones (excluding diaryl/α,β-unsaturated/α-hetero) is 1. The van der Waals surface area contributed by atoms with Gasteiger partial charge in [0.1, 0.15) is 11.6 Å². The molecular formula is C14H19FO. The Morgan fingerprint density at radius 1 is 1.38 bits per heavy atom. The average Bonchev–Trinajstić information content (AvgIpc) is 2.19. The summed E-state index contributed by atoms with van der Waals surface area (Å²) in [6.45, 7) is 6.06. The number of hydrogen-bond donors (Lipinski definition) is 0. The van der Waals surface area contributed by atoms with Gasteiger partial charge in [-0.15, -0.1) is 0 Å². The monoisotopic (exact) mass is 222 g/mol. The van der Waals surface area contributed by atoms with E-state index in [1.165, 1.54) is 12.1 Å². The highest BCUT2D eigenvalue weighted by molar-refractivity contribution is 5.81. The second kappa shape index (κ2) is 5.78. The number of hydrogen-bond acceptors (Lipinski definition) is 1. The Balaban J connectivity index is 2.56. The fourth-order valence-corrected chi connectivity index (χ4v) is 1.61. The van der Waals surface area contributed by atoms with Gasteiger partial charge in [0.25, 0.3) is 0 Å². The van der Waals surface area contributed by atoms with E-state index in [1.54, 1.807) is 6.07 Å². The number of rotatable bonds is 5. The van der Waals surface area contributed by atoms with E-state index in [-0.39, 0.29) is 11.6 Å². The standard InChI is InChI=1S/C14H19FO/c1-10(2)4-7-14(16)9-12-5-6-13(15)8-11(12)3/h5-6,8,10H,4,7,9H2,1-3H3. The summed E-state index contributed by atoms with van der Waals surface area (Å²) < 4.78 is 12.9. The van der Waals surface area contributed by atoms with Gasteiger partial charge in [-0.25, -0.2) is 4.39 Å². The molecule has 16 heavy (non-hydrogen) atoms. The first-order valence-corrected chi connectivity index (χ1v) is 5.75. The minimum absolute atomic E-state index is 0.239. The molecule has 0 fully saturated rings. The largest absolute Gasteiger partial charge is 0.299 e. The summed E-state index contributed by atoms with van der Waals surface area (Å²) in [6, 6.07) is 4.60. The van der Waals surface area contributed by atoms with Crippen molar-refractivity contribution in [2.45, 2.75) is 40.0 Å². The van der Waals surface area contributed by atoms with Crippen molar-refractivity contribution in [2.24, 2.45) is 5.92 Å². The van der Waals surface area contributed by atoms with Crippen molar-refractivity contribution < 1.29 is 9.18 Å². The van der Waals surface area contributed by atoms with Gasteiger partial charge in [-0.3, -0.25) is 4.79 Å². The molecule has 0 saturated heterocycles. The fraction of sp³-hybridized carbons (Fsp3) is 0.500. The molecule has 0 heterocycles.